The van der Waals surface area contributed by atoms with Gasteiger partial charge in [0.25, 0.3) is 11.6 Å². The second kappa shape index (κ2) is 8.46. The molecule has 2 aromatic rings. The van der Waals surface area contributed by atoms with Gasteiger partial charge in [-0.15, -0.1) is 0 Å². The molecule has 1 amide bonds. The van der Waals surface area contributed by atoms with Crippen molar-refractivity contribution in [3.8, 4) is 5.75 Å². The lowest BCUT2D eigenvalue weighted by atomic mass is 10.1. The standard InChI is InChI=1S/C17H18ClN3O4/c1-11(13-5-3-4-6-14(13)18)19-10-17(22)20-15-9-12(21(23)24)7-8-16(15)25-2/h3-9,11,19H,10H2,1-2H3,(H,20,22)/p+1/t11-/m0/s1. The summed E-state index contributed by atoms with van der Waals surface area (Å²) >= 11 is 6.15. The van der Waals surface area contributed by atoms with Crippen LogP contribution in [0.2, 0.25) is 5.02 Å². The van der Waals surface area contributed by atoms with Crippen LogP contribution in [0.25, 0.3) is 0 Å². The zero-order valence-corrected chi connectivity index (χ0v) is 14.6. The predicted molar refractivity (Wildman–Crippen MR) is 94.9 cm³/mol. The van der Waals surface area contributed by atoms with Gasteiger partial charge in [-0.1, -0.05) is 29.8 Å². The van der Waals surface area contributed by atoms with Crippen LogP contribution in [-0.2, 0) is 4.79 Å². The third-order valence-corrected chi connectivity index (χ3v) is 4.06. The van der Waals surface area contributed by atoms with Crippen molar-refractivity contribution in [1.82, 2.24) is 0 Å². The quantitative estimate of drug-likeness (QED) is 0.582. The summed E-state index contributed by atoms with van der Waals surface area (Å²) in [7, 11) is 1.43. The molecular formula is C17H19ClN3O4+. The lowest BCUT2D eigenvalue weighted by Gasteiger charge is -2.13. The van der Waals surface area contributed by atoms with E-state index in [1.54, 1.807) is 6.07 Å². The first kappa shape index (κ1) is 18.7. The first-order valence-electron chi connectivity index (χ1n) is 7.62. The summed E-state index contributed by atoms with van der Waals surface area (Å²) in [6.07, 6.45) is 0. The lowest BCUT2D eigenvalue weighted by molar-refractivity contribution is -0.682. The van der Waals surface area contributed by atoms with Crippen molar-refractivity contribution in [2.45, 2.75) is 13.0 Å². The number of carbonyl (C=O) groups excluding carboxylic acids is 1. The molecule has 7 nitrogen and oxygen atoms in total. The Morgan fingerprint density at radius 1 is 1.36 bits per heavy atom. The van der Waals surface area contributed by atoms with Crippen molar-refractivity contribution in [3.63, 3.8) is 0 Å². The summed E-state index contributed by atoms with van der Waals surface area (Å²) in [6.45, 7) is 2.08. The number of rotatable bonds is 7. The van der Waals surface area contributed by atoms with Crippen LogP contribution in [-0.4, -0.2) is 24.5 Å². The SMILES string of the molecule is COc1ccc([N+](=O)[O-])cc1NC(=O)C[NH2+][C@@H](C)c1ccccc1Cl. The number of halogens is 1. The molecule has 25 heavy (non-hydrogen) atoms. The molecule has 0 bridgehead atoms. The number of non-ortho nitro benzene ring substituents is 1. The van der Waals surface area contributed by atoms with Crippen molar-refractivity contribution >= 4 is 28.9 Å². The molecule has 2 aromatic carbocycles. The molecule has 0 aromatic heterocycles. The van der Waals surface area contributed by atoms with Crippen LogP contribution in [0.1, 0.15) is 18.5 Å². The minimum atomic E-state index is -0.527. The highest BCUT2D eigenvalue weighted by Crippen LogP contribution is 2.28. The maximum Gasteiger partial charge on any atom is 0.279 e. The summed E-state index contributed by atoms with van der Waals surface area (Å²) in [6, 6.07) is 11.5. The zero-order valence-electron chi connectivity index (χ0n) is 13.9. The zero-order chi connectivity index (χ0) is 18.4. The molecule has 0 heterocycles. The summed E-state index contributed by atoms with van der Waals surface area (Å²) < 4.78 is 5.13. The first-order chi connectivity index (χ1) is 11.9. The largest absolute Gasteiger partial charge is 0.495 e. The van der Waals surface area contributed by atoms with Gasteiger partial charge < -0.3 is 15.4 Å². The minimum absolute atomic E-state index is 0.00791. The first-order valence-corrected chi connectivity index (χ1v) is 8.00. The molecule has 3 N–H and O–H groups in total. The van der Waals surface area contributed by atoms with Crippen molar-refractivity contribution < 1.29 is 19.8 Å². The van der Waals surface area contributed by atoms with Gasteiger partial charge in [-0.25, -0.2) is 0 Å². The van der Waals surface area contributed by atoms with E-state index < -0.39 is 4.92 Å². The third kappa shape index (κ3) is 4.91. The maximum atomic E-state index is 12.2. The van der Waals surface area contributed by atoms with Crippen molar-refractivity contribution in [3.05, 3.63) is 63.2 Å². The Hall–Kier alpha value is -2.64. The molecule has 1 atom stereocenters. The number of nitrogens with zero attached hydrogens (tertiary/aromatic N) is 1. The van der Waals surface area contributed by atoms with Gasteiger partial charge >= 0.3 is 0 Å². The van der Waals surface area contributed by atoms with E-state index >= 15 is 0 Å². The van der Waals surface area contributed by atoms with Gasteiger partial charge in [0.15, 0.2) is 6.54 Å². The molecule has 132 valence electrons. The Morgan fingerprint density at radius 3 is 2.72 bits per heavy atom. The van der Waals surface area contributed by atoms with Crippen molar-refractivity contribution in [2.24, 2.45) is 0 Å². The highest BCUT2D eigenvalue weighted by Gasteiger charge is 2.17. The number of benzene rings is 2. The van der Waals surface area contributed by atoms with Crippen LogP contribution < -0.4 is 15.4 Å². The average Bonchev–Trinajstić information content (AvgIpc) is 2.60. The highest BCUT2D eigenvalue weighted by molar-refractivity contribution is 6.31. The number of hydrogen-bond acceptors (Lipinski definition) is 4. The van der Waals surface area contributed by atoms with Gasteiger partial charge in [0, 0.05) is 22.7 Å². The topological polar surface area (TPSA) is 98.1 Å². The van der Waals surface area contributed by atoms with Gasteiger partial charge in [0.05, 0.1) is 17.7 Å². The summed E-state index contributed by atoms with van der Waals surface area (Å²) in [5.74, 6) is 0.0656. The number of nitrogens with one attached hydrogen (secondary N) is 1. The fraction of sp³-hybridized carbons (Fsp3) is 0.235. The lowest BCUT2D eigenvalue weighted by Crippen LogP contribution is -2.86. The van der Waals surface area contributed by atoms with E-state index in [0.717, 1.165) is 5.56 Å². The van der Waals surface area contributed by atoms with Crippen LogP contribution in [0.3, 0.4) is 0 Å². The molecule has 0 aliphatic carbocycles. The van der Waals surface area contributed by atoms with Crippen molar-refractivity contribution in [1.29, 1.82) is 0 Å². The van der Waals surface area contributed by atoms with Gasteiger partial charge in [0.1, 0.15) is 11.8 Å². The van der Waals surface area contributed by atoms with Crippen LogP contribution in [0.5, 0.6) is 5.75 Å². The molecule has 0 saturated carbocycles. The minimum Gasteiger partial charge on any atom is -0.495 e. The smallest absolute Gasteiger partial charge is 0.279 e. The number of quaternary nitrogens is 1. The number of methoxy groups -OCH3 is 1. The normalized spacial score (nSPS) is 11.6. The number of hydrogen-bond donors (Lipinski definition) is 2. The van der Waals surface area contributed by atoms with E-state index in [0.29, 0.717) is 10.8 Å². The second-order valence-electron chi connectivity index (χ2n) is 5.44. The number of nitrogens with two attached hydrogens (primary N) is 1. The Bertz CT molecular complexity index is 782. The van der Waals surface area contributed by atoms with Crippen LogP contribution in [0, 0.1) is 10.1 Å². The molecule has 0 fully saturated rings. The van der Waals surface area contributed by atoms with Crippen molar-refractivity contribution in [2.75, 3.05) is 19.0 Å². The Morgan fingerprint density at radius 2 is 2.08 bits per heavy atom. The van der Waals surface area contributed by atoms with Crippen LogP contribution in [0.4, 0.5) is 11.4 Å². The summed E-state index contributed by atoms with van der Waals surface area (Å²) in [5.41, 5.74) is 1.08. The Labute approximate surface area is 150 Å². The number of nitro groups is 1. The highest BCUT2D eigenvalue weighted by atomic mass is 35.5. The fourth-order valence-electron chi connectivity index (χ4n) is 2.36. The monoisotopic (exact) mass is 364 g/mol. The van der Waals surface area contributed by atoms with Gasteiger partial charge in [0.2, 0.25) is 0 Å². The second-order valence-corrected chi connectivity index (χ2v) is 5.85. The average molecular weight is 365 g/mol. The van der Waals surface area contributed by atoms with E-state index in [-0.39, 0.29) is 29.9 Å². The van der Waals surface area contributed by atoms with Gasteiger partial charge in [-0.3, -0.25) is 14.9 Å². The molecule has 0 spiro atoms. The van der Waals surface area contributed by atoms with E-state index in [2.05, 4.69) is 5.32 Å². The summed E-state index contributed by atoms with van der Waals surface area (Å²) in [4.78, 5) is 22.5. The van der Waals surface area contributed by atoms with E-state index in [1.165, 1.54) is 25.3 Å². The number of anilines is 1. The number of amides is 1. The summed E-state index contributed by atoms with van der Waals surface area (Å²) in [5, 5.41) is 16.0. The molecule has 0 aliphatic heterocycles. The van der Waals surface area contributed by atoms with Crippen LogP contribution in [0.15, 0.2) is 42.5 Å². The molecule has 0 radical (unpaired) electrons. The third-order valence-electron chi connectivity index (χ3n) is 3.72. The Balaban J connectivity index is 2.02. The number of ether oxygens (including phenoxy) is 1. The number of nitro benzene ring substituents is 1. The van der Waals surface area contributed by atoms with Gasteiger partial charge in [-0.2, -0.15) is 0 Å². The van der Waals surface area contributed by atoms with Crippen LogP contribution >= 0.6 is 11.6 Å². The molecule has 0 aliphatic rings. The molecule has 8 heteroatoms. The van der Waals surface area contributed by atoms with E-state index in [1.807, 2.05) is 30.4 Å². The molecule has 2 rings (SSSR count). The van der Waals surface area contributed by atoms with E-state index in [9.17, 15) is 14.9 Å². The Kier molecular flexibility index (Phi) is 6.32. The predicted octanol–water partition coefficient (Wildman–Crippen LogP) is 2.52. The fourth-order valence-corrected chi connectivity index (χ4v) is 2.67. The molecular weight excluding hydrogens is 346 g/mol. The van der Waals surface area contributed by atoms with E-state index in [4.69, 9.17) is 16.3 Å². The van der Waals surface area contributed by atoms with Gasteiger partial charge in [-0.05, 0) is 19.1 Å². The number of carbonyl (C=O) groups is 1. The maximum absolute atomic E-state index is 12.2. The molecule has 0 unspecified atom stereocenters. The molecule has 0 saturated heterocycles.